The van der Waals surface area contributed by atoms with Gasteiger partial charge in [-0.15, -0.1) is 11.8 Å². The van der Waals surface area contributed by atoms with Crippen molar-refractivity contribution in [3.8, 4) is 0 Å². The number of carbonyl (C=O) groups is 2. The lowest BCUT2D eigenvalue weighted by Crippen LogP contribution is -2.11. The molecular formula is C21H16FNO2S. The predicted octanol–water partition coefficient (Wildman–Crippen LogP) is 5.05. The molecule has 26 heavy (non-hydrogen) atoms. The summed E-state index contributed by atoms with van der Waals surface area (Å²) in [5.74, 6) is -0.303. The van der Waals surface area contributed by atoms with Crippen molar-refractivity contribution in [2.75, 3.05) is 11.1 Å². The van der Waals surface area contributed by atoms with Crippen LogP contribution in [0.4, 0.5) is 10.1 Å². The molecule has 0 aromatic heterocycles. The van der Waals surface area contributed by atoms with E-state index >= 15 is 0 Å². The molecule has 3 aromatic carbocycles. The number of thioether (sulfide) groups is 1. The highest BCUT2D eigenvalue weighted by atomic mass is 32.2. The van der Waals surface area contributed by atoms with Gasteiger partial charge in [0.2, 0.25) is 0 Å². The van der Waals surface area contributed by atoms with Gasteiger partial charge in [-0.25, -0.2) is 4.39 Å². The van der Waals surface area contributed by atoms with E-state index in [9.17, 15) is 14.0 Å². The summed E-state index contributed by atoms with van der Waals surface area (Å²) in [6.07, 6.45) is 0. The zero-order chi connectivity index (χ0) is 18.4. The summed E-state index contributed by atoms with van der Waals surface area (Å²) in [4.78, 5) is 25.3. The maximum absolute atomic E-state index is 12.9. The van der Waals surface area contributed by atoms with Gasteiger partial charge in [0.1, 0.15) is 5.82 Å². The number of Topliss-reactive ketones (excluding diaryl/α,β-unsaturated/α-hetero) is 1. The Morgan fingerprint density at radius 3 is 2.27 bits per heavy atom. The quantitative estimate of drug-likeness (QED) is 0.491. The molecule has 0 aliphatic carbocycles. The molecule has 130 valence electrons. The van der Waals surface area contributed by atoms with E-state index in [0.29, 0.717) is 22.6 Å². The van der Waals surface area contributed by atoms with Crippen LogP contribution in [-0.4, -0.2) is 17.4 Å². The normalized spacial score (nSPS) is 10.3. The van der Waals surface area contributed by atoms with E-state index in [-0.39, 0.29) is 17.5 Å². The first-order valence-corrected chi connectivity index (χ1v) is 8.98. The maximum atomic E-state index is 12.9. The minimum absolute atomic E-state index is 0.0387. The number of hydrogen-bond acceptors (Lipinski definition) is 3. The average Bonchev–Trinajstić information content (AvgIpc) is 2.69. The third kappa shape index (κ3) is 4.80. The Hall–Kier alpha value is -2.92. The molecule has 0 radical (unpaired) electrons. The van der Waals surface area contributed by atoms with Crippen molar-refractivity contribution < 1.29 is 14.0 Å². The van der Waals surface area contributed by atoms with Crippen LogP contribution in [-0.2, 0) is 0 Å². The largest absolute Gasteiger partial charge is 0.322 e. The molecule has 1 amide bonds. The zero-order valence-electron chi connectivity index (χ0n) is 13.8. The number of amides is 1. The first-order valence-electron chi connectivity index (χ1n) is 8.00. The van der Waals surface area contributed by atoms with Crippen LogP contribution in [0.3, 0.4) is 0 Å². The third-order valence-corrected chi connectivity index (χ3v) is 4.66. The standard InChI is InChI=1S/C21H16FNO2S/c22-17-9-11-18(12-10-17)23-21(25)16-7-4-8-19(13-16)26-14-20(24)15-5-2-1-3-6-15/h1-13H,14H2,(H,23,25). The molecule has 0 fully saturated rings. The van der Waals surface area contributed by atoms with Crippen LogP contribution in [0, 0.1) is 5.82 Å². The van der Waals surface area contributed by atoms with Gasteiger partial charge in [0.25, 0.3) is 5.91 Å². The average molecular weight is 365 g/mol. The van der Waals surface area contributed by atoms with Gasteiger partial charge in [0.15, 0.2) is 5.78 Å². The van der Waals surface area contributed by atoms with Crippen LogP contribution in [0.1, 0.15) is 20.7 Å². The van der Waals surface area contributed by atoms with Crippen LogP contribution in [0.2, 0.25) is 0 Å². The van der Waals surface area contributed by atoms with Crippen LogP contribution < -0.4 is 5.32 Å². The van der Waals surface area contributed by atoms with Gasteiger partial charge in [0.05, 0.1) is 5.75 Å². The lowest BCUT2D eigenvalue weighted by Gasteiger charge is -2.07. The molecule has 5 heteroatoms. The van der Waals surface area contributed by atoms with Gasteiger partial charge in [-0.2, -0.15) is 0 Å². The SMILES string of the molecule is O=C(CSc1cccc(C(=O)Nc2ccc(F)cc2)c1)c1ccccc1. The van der Waals surface area contributed by atoms with E-state index in [4.69, 9.17) is 0 Å². The Kier molecular flexibility index (Phi) is 5.81. The summed E-state index contributed by atoms with van der Waals surface area (Å²) < 4.78 is 12.9. The first kappa shape index (κ1) is 17.9. The van der Waals surface area contributed by atoms with Crippen LogP contribution in [0.15, 0.2) is 83.8 Å². The number of carbonyl (C=O) groups excluding carboxylic acids is 2. The summed E-state index contributed by atoms with van der Waals surface area (Å²) in [5, 5.41) is 2.72. The van der Waals surface area contributed by atoms with Crippen LogP contribution in [0.25, 0.3) is 0 Å². The van der Waals surface area contributed by atoms with Gasteiger partial charge >= 0.3 is 0 Å². The lowest BCUT2D eigenvalue weighted by atomic mass is 10.2. The van der Waals surface area contributed by atoms with Crippen molar-refractivity contribution in [1.29, 1.82) is 0 Å². The van der Waals surface area contributed by atoms with Crippen molar-refractivity contribution >= 4 is 29.1 Å². The van der Waals surface area contributed by atoms with Gasteiger partial charge in [-0.1, -0.05) is 36.4 Å². The van der Waals surface area contributed by atoms with E-state index < -0.39 is 0 Å². The number of hydrogen-bond donors (Lipinski definition) is 1. The molecule has 3 rings (SSSR count). The Morgan fingerprint density at radius 2 is 1.54 bits per heavy atom. The minimum Gasteiger partial charge on any atom is -0.322 e. The molecule has 3 nitrogen and oxygen atoms in total. The Morgan fingerprint density at radius 1 is 0.846 bits per heavy atom. The van der Waals surface area contributed by atoms with Crippen molar-refractivity contribution in [2.45, 2.75) is 4.90 Å². The second kappa shape index (κ2) is 8.45. The number of benzene rings is 3. The maximum Gasteiger partial charge on any atom is 0.255 e. The van der Waals surface area contributed by atoms with E-state index in [0.717, 1.165) is 4.90 Å². The second-order valence-electron chi connectivity index (χ2n) is 5.57. The summed E-state index contributed by atoms with van der Waals surface area (Å²) in [6.45, 7) is 0. The number of ketones is 1. The summed E-state index contributed by atoms with van der Waals surface area (Å²) in [5.41, 5.74) is 1.67. The van der Waals surface area contributed by atoms with Gasteiger partial charge in [-0.05, 0) is 42.5 Å². The van der Waals surface area contributed by atoms with Gasteiger partial charge in [-0.3, -0.25) is 9.59 Å². The molecule has 0 saturated heterocycles. The van der Waals surface area contributed by atoms with Crippen LogP contribution >= 0.6 is 11.8 Å². The van der Waals surface area contributed by atoms with E-state index in [1.165, 1.54) is 36.0 Å². The number of anilines is 1. The molecule has 3 aromatic rings. The minimum atomic E-state index is -0.357. The van der Waals surface area contributed by atoms with Crippen molar-refractivity contribution in [3.05, 3.63) is 95.8 Å². The highest BCUT2D eigenvalue weighted by molar-refractivity contribution is 8.00. The summed E-state index contributed by atoms with van der Waals surface area (Å²) in [6, 6.07) is 21.8. The van der Waals surface area contributed by atoms with Gasteiger partial charge in [0, 0.05) is 21.7 Å². The molecular weight excluding hydrogens is 349 g/mol. The fourth-order valence-electron chi connectivity index (χ4n) is 2.32. The molecule has 1 N–H and O–H groups in total. The Labute approximate surface area is 155 Å². The molecule has 0 saturated carbocycles. The van der Waals surface area contributed by atoms with Crippen LogP contribution in [0.5, 0.6) is 0 Å². The molecule has 0 aliphatic rings. The Balaban J connectivity index is 1.63. The van der Waals surface area contributed by atoms with E-state index in [2.05, 4.69) is 5.32 Å². The number of halogens is 1. The topological polar surface area (TPSA) is 46.2 Å². The fourth-order valence-corrected chi connectivity index (χ4v) is 3.17. The number of nitrogens with one attached hydrogen (secondary N) is 1. The highest BCUT2D eigenvalue weighted by Gasteiger charge is 2.09. The second-order valence-corrected chi connectivity index (χ2v) is 6.62. The molecule has 0 spiro atoms. The third-order valence-electron chi connectivity index (χ3n) is 3.66. The monoisotopic (exact) mass is 365 g/mol. The smallest absolute Gasteiger partial charge is 0.255 e. The highest BCUT2D eigenvalue weighted by Crippen LogP contribution is 2.21. The van der Waals surface area contributed by atoms with E-state index in [1.54, 1.807) is 30.3 Å². The predicted molar refractivity (Wildman–Crippen MR) is 102 cm³/mol. The number of rotatable bonds is 6. The van der Waals surface area contributed by atoms with Crippen molar-refractivity contribution in [3.63, 3.8) is 0 Å². The molecule has 0 heterocycles. The van der Waals surface area contributed by atoms with Crippen molar-refractivity contribution in [1.82, 2.24) is 0 Å². The zero-order valence-corrected chi connectivity index (χ0v) is 14.6. The molecule has 0 aliphatic heterocycles. The molecule has 0 unspecified atom stereocenters. The fraction of sp³-hybridized carbons (Fsp3) is 0.0476. The summed E-state index contributed by atoms with van der Waals surface area (Å²) >= 11 is 1.38. The summed E-state index contributed by atoms with van der Waals surface area (Å²) in [7, 11) is 0. The lowest BCUT2D eigenvalue weighted by molar-refractivity contribution is 0.101. The molecule has 0 bridgehead atoms. The van der Waals surface area contributed by atoms with E-state index in [1.807, 2.05) is 24.3 Å². The van der Waals surface area contributed by atoms with Gasteiger partial charge < -0.3 is 5.32 Å². The first-order chi connectivity index (χ1) is 12.6. The molecule has 0 atom stereocenters. The Bertz CT molecular complexity index is 911. The van der Waals surface area contributed by atoms with Crippen molar-refractivity contribution in [2.24, 2.45) is 0 Å².